The van der Waals surface area contributed by atoms with Crippen LogP contribution in [0.15, 0.2) is 30.3 Å². The summed E-state index contributed by atoms with van der Waals surface area (Å²) in [7, 11) is 0. The first-order chi connectivity index (χ1) is 7.04. The molecule has 0 aliphatic carbocycles. The molecule has 2 unspecified atom stereocenters. The third-order valence-corrected chi connectivity index (χ3v) is 3.18. The van der Waals surface area contributed by atoms with E-state index >= 15 is 0 Å². The lowest BCUT2D eigenvalue weighted by atomic mass is 10.00. The molecule has 4 heteroatoms. The molecule has 0 saturated heterocycles. The number of hydrogen-bond donors (Lipinski definition) is 1. The average molecular weight is 243 g/mol. The second-order valence-corrected chi connectivity index (χ2v) is 4.20. The maximum atomic E-state index is 11.8. The molecule has 1 aromatic rings. The van der Waals surface area contributed by atoms with Crippen molar-refractivity contribution in [1.29, 1.82) is 0 Å². The van der Waals surface area contributed by atoms with Gasteiger partial charge in [-0.05, 0) is 11.6 Å². The molecule has 1 aromatic carbocycles. The fourth-order valence-electron chi connectivity index (χ4n) is 1.12. The van der Waals surface area contributed by atoms with Crippen molar-refractivity contribution in [2.75, 3.05) is 0 Å². The quantitative estimate of drug-likeness (QED) is 0.500. The Kier molecular flexibility index (Phi) is 4.36. The molecule has 0 spiro atoms. The molecule has 0 heterocycles. The minimum Gasteiger partial charge on any atom is -0.293 e. The van der Waals surface area contributed by atoms with Gasteiger partial charge in [-0.3, -0.25) is 9.59 Å². The summed E-state index contributed by atoms with van der Waals surface area (Å²) in [4.78, 5) is 22.7. The van der Waals surface area contributed by atoms with Crippen molar-refractivity contribution in [2.24, 2.45) is 5.92 Å². The molecule has 0 fully saturated rings. The first kappa shape index (κ1) is 12.3. The monoisotopic (exact) mass is 242 g/mol. The molecule has 0 N–H and O–H groups in total. The SMILES string of the molecule is CC(C(=O)Cl)C(S)C(=O)c1ccccc1. The number of carbonyl (C=O) groups is 2. The summed E-state index contributed by atoms with van der Waals surface area (Å²) < 4.78 is 0. The number of benzene rings is 1. The number of rotatable bonds is 4. The number of Topliss-reactive ketones (excluding diaryl/α,β-unsaturated/α-hetero) is 1. The van der Waals surface area contributed by atoms with Crippen LogP contribution >= 0.6 is 24.2 Å². The van der Waals surface area contributed by atoms with Gasteiger partial charge in [0.05, 0.1) is 5.25 Å². The number of ketones is 1. The molecule has 0 saturated carbocycles. The summed E-state index contributed by atoms with van der Waals surface area (Å²) in [5.74, 6) is -0.761. The van der Waals surface area contributed by atoms with Crippen LogP contribution in [0.1, 0.15) is 17.3 Å². The van der Waals surface area contributed by atoms with E-state index in [2.05, 4.69) is 12.6 Å². The lowest BCUT2D eigenvalue weighted by Gasteiger charge is -2.13. The van der Waals surface area contributed by atoms with Crippen molar-refractivity contribution in [3.05, 3.63) is 35.9 Å². The molecule has 0 aliphatic heterocycles. The number of halogens is 1. The van der Waals surface area contributed by atoms with Gasteiger partial charge in [-0.2, -0.15) is 12.6 Å². The van der Waals surface area contributed by atoms with Gasteiger partial charge in [-0.15, -0.1) is 0 Å². The van der Waals surface area contributed by atoms with Crippen molar-refractivity contribution in [3.8, 4) is 0 Å². The molecule has 15 heavy (non-hydrogen) atoms. The van der Waals surface area contributed by atoms with Crippen LogP contribution in [0.25, 0.3) is 0 Å². The highest BCUT2D eigenvalue weighted by atomic mass is 35.5. The van der Waals surface area contributed by atoms with Crippen LogP contribution in [0.5, 0.6) is 0 Å². The van der Waals surface area contributed by atoms with E-state index in [0.717, 1.165) is 0 Å². The van der Waals surface area contributed by atoms with Crippen LogP contribution in [0.3, 0.4) is 0 Å². The molecule has 0 aromatic heterocycles. The minimum atomic E-state index is -0.683. The van der Waals surface area contributed by atoms with Crippen molar-refractivity contribution in [1.82, 2.24) is 0 Å². The molecule has 1 rings (SSSR count). The van der Waals surface area contributed by atoms with E-state index in [1.54, 1.807) is 31.2 Å². The lowest BCUT2D eigenvalue weighted by Crippen LogP contribution is -2.26. The molecule has 0 amide bonds. The van der Waals surface area contributed by atoms with E-state index in [-0.39, 0.29) is 5.78 Å². The van der Waals surface area contributed by atoms with Gasteiger partial charge in [0.2, 0.25) is 5.24 Å². The lowest BCUT2D eigenvalue weighted by molar-refractivity contribution is -0.114. The smallest absolute Gasteiger partial charge is 0.226 e. The summed E-state index contributed by atoms with van der Waals surface area (Å²) in [6.07, 6.45) is 0. The van der Waals surface area contributed by atoms with Gasteiger partial charge in [0.15, 0.2) is 5.78 Å². The van der Waals surface area contributed by atoms with Gasteiger partial charge in [0.25, 0.3) is 0 Å². The topological polar surface area (TPSA) is 34.1 Å². The van der Waals surface area contributed by atoms with Crippen molar-refractivity contribution in [3.63, 3.8) is 0 Å². The molecular formula is C11H11ClO2S. The van der Waals surface area contributed by atoms with Crippen LogP contribution in [0.4, 0.5) is 0 Å². The molecule has 80 valence electrons. The highest BCUT2D eigenvalue weighted by molar-refractivity contribution is 7.82. The van der Waals surface area contributed by atoms with E-state index in [9.17, 15) is 9.59 Å². The Morgan fingerprint density at radius 2 is 1.80 bits per heavy atom. The molecule has 0 radical (unpaired) electrons. The number of hydrogen-bond acceptors (Lipinski definition) is 3. The molecule has 2 atom stereocenters. The van der Waals surface area contributed by atoms with Crippen LogP contribution in [0, 0.1) is 5.92 Å². The fraction of sp³-hybridized carbons (Fsp3) is 0.273. The Morgan fingerprint density at radius 1 is 1.27 bits per heavy atom. The van der Waals surface area contributed by atoms with E-state index in [0.29, 0.717) is 5.56 Å². The highest BCUT2D eigenvalue weighted by Gasteiger charge is 2.26. The zero-order valence-electron chi connectivity index (χ0n) is 8.18. The molecular weight excluding hydrogens is 232 g/mol. The zero-order chi connectivity index (χ0) is 11.4. The Bertz CT molecular complexity index is 364. The average Bonchev–Trinajstić information content (AvgIpc) is 2.27. The Balaban J connectivity index is 2.82. The maximum absolute atomic E-state index is 11.8. The second-order valence-electron chi connectivity index (χ2n) is 3.27. The van der Waals surface area contributed by atoms with Gasteiger partial charge in [-0.25, -0.2) is 0 Å². The second kappa shape index (κ2) is 5.33. The van der Waals surface area contributed by atoms with E-state index in [1.165, 1.54) is 0 Å². The largest absolute Gasteiger partial charge is 0.293 e. The zero-order valence-corrected chi connectivity index (χ0v) is 9.83. The minimum absolute atomic E-state index is 0.180. The standard InChI is InChI=1S/C11H11ClO2S/c1-7(11(12)14)10(15)9(13)8-5-3-2-4-6-8/h2-7,10,15H,1H3. The summed E-state index contributed by atoms with van der Waals surface area (Å²) in [5.41, 5.74) is 0.544. The van der Waals surface area contributed by atoms with Crippen molar-refractivity contribution in [2.45, 2.75) is 12.2 Å². The summed E-state index contributed by atoms with van der Waals surface area (Å²) >= 11 is 9.43. The maximum Gasteiger partial charge on any atom is 0.226 e. The normalized spacial score (nSPS) is 14.3. The highest BCUT2D eigenvalue weighted by Crippen LogP contribution is 2.18. The summed E-state index contributed by atoms with van der Waals surface area (Å²) in [6.45, 7) is 1.59. The van der Waals surface area contributed by atoms with Crippen molar-refractivity contribution < 1.29 is 9.59 Å². The van der Waals surface area contributed by atoms with Crippen molar-refractivity contribution >= 4 is 35.3 Å². The first-order valence-electron chi connectivity index (χ1n) is 4.50. The molecule has 2 nitrogen and oxygen atoms in total. The van der Waals surface area contributed by atoms with Gasteiger partial charge >= 0.3 is 0 Å². The molecule has 0 aliphatic rings. The molecule has 0 bridgehead atoms. The van der Waals surface area contributed by atoms with Gasteiger partial charge < -0.3 is 0 Å². The predicted molar refractivity (Wildman–Crippen MR) is 63.6 cm³/mol. The summed E-state index contributed by atoms with van der Waals surface area (Å²) in [5, 5.41) is -1.23. The van der Waals surface area contributed by atoms with Crippen LogP contribution in [-0.4, -0.2) is 16.3 Å². The Morgan fingerprint density at radius 3 is 2.27 bits per heavy atom. The third kappa shape index (κ3) is 3.08. The van der Waals surface area contributed by atoms with Gasteiger partial charge in [-0.1, -0.05) is 37.3 Å². The van der Waals surface area contributed by atoms with Crippen LogP contribution in [-0.2, 0) is 4.79 Å². The fourth-order valence-corrected chi connectivity index (χ4v) is 1.62. The van der Waals surface area contributed by atoms with E-state index < -0.39 is 16.4 Å². The van der Waals surface area contributed by atoms with Crippen LogP contribution in [0.2, 0.25) is 0 Å². The third-order valence-electron chi connectivity index (χ3n) is 2.16. The first-order valence-corrected chi connectivity index (χ1v) is 5.40. The van der Waals surface area contributed by atoms with Gasteiger partial charge in [0.1, 0.15) is 0 Å². The van der Waals surface area contributed by atoms with E-state index in [1.807, 2.05) is 6.07 Å². The van der Waals surface area contributed by atoms with E-state index in [4.69, 9.17) is 11.6 Å². The Labute approximate surface area is 99.0 Å². The number of carbonyl (C=O) groups excluding carboxylic acids is 2. The van der Waals surface area contributed by atoms with Gasteiger partial charge in [0, 0.05) is 11.5 Å². The number of thiol groups is 1. The Hall–Kier alpha value is -0.800. The predicted octanol–water partition coefficient (Wildman–Crippen LogP) is 2.57. The van der Waals surface area contributed by atoms with Crippen LogP contribution < -0.4 is 0 Å². The summed E-state index contributed by atoms with van der Waals surface area (Å²) in [6, 6.07) is 8.73.